The highest BCUT2D eigenvalue weighted by molar-refractivity contribution is 7.78. The Morgan fingerprint density at radius 3 is 2.11 bits per heavy atom. The first kappa shape index (κ1) is 19.4. The molecule has 2 rings (SSSR count). The fourth-order valence-corrected chi connectivity index (χ4v) is 0.929. The lowest BCUT2D eigenvalue weighted by Gasteiger charge is -1.81. The van der Waals surface area contributed by atoms with Crippen LogP contribution >= 0.6 is 24.4 Å². The van der Waals surface area contributed by atoms with Crippen molar-refractivity contribution in [2.75, 3.05) is 0 Å². The number of rotatable bonds is 1. The minimum atomic E-state index is 1.06. The third-order valence-electron chi connectivity index (χ3n) is 1.63. The zero-order valence-corrected chi connectivity index (χ0v) is 12.4. The average Bonchev–Trinajstić information content (AvgIpc) is 3.04. The van der Waals surface area contributed by atoms with Gasteiger partial charge in [0.15, 0.2) is 0 Å². The Labute approximate surface area is 123 Å². The van der Waals surface area contributed by atoms with E-state index in [1.807, 2.05) is 30.2 Å². The Kier molecular flexibility index (Phi) is 16.3. The molecular formula is C11H16N6S2. The van der Waals surface area contributed by atoms with Crippen LogP contribution in [0, 0.1) is 0 Å². The maximum Gasteiger partial charge on any atom is 0.243 e. The molecule has 0 spiro atoms. The summed E-state index contributed by atoms with van der Waals surface area (Å²) >= 11 is 7.40. The Morgan fingerprint density at radius 1 is 1.37 bits per heavy atom. The molecule has 0 saturated heterocycles. The molecule has 0 atom stereocenters. The Morgan fingerprint density at radius 2 is 1.95 bits per heavy atom. The molecule has 2 heterocycles. The van der Waals surface area contributed by atoms with Gasteiger partial charge in [-0.25, -0.2) is 9.13 Å². The first-order chi connectivity index (χ1) is 9.15. The van der Waals surface area contributed by atoms with Crippen LogP contribution in [-0.4, -0.2) is 19.9 Å². The van der Waals surface area contributed by atoms with Crippen molar-refractivity contribution in [3.05, 3.63) is 48.3 Å². The van der Waals surface area contributed by atoms with E-state index in [4.69, 9.17) is 10.8 Å². The van der Waals surface area contributed by atoms with Gasteiger partial charge in [0, 0.05) is 0 Å². The second kappa shape index (κ2) is 16.0. The molecule has 0 aliphatic rings. The molecule has 2 aromatic heterocycles. The molecule has 0 aliphatic heterocycles. The maximum atomic E-state index is 7.13. The van der Waals surface area contributed by atoms with E-state index in [1.54, 1.807) is 6.33 Å². The molecule has 19 heavy (non-hydrogen) atoms. The van der Waals surface area contributed by atoms with Crippen LogP contribution in [0.15, 0.2) is 37.4 Å². The second-order valence-corrected chi connectivity index (χ2v) is 3.27. The number of H-pyrrole nitrogens is 2. The summed E-state index contributed by atoms with van der Waals surface area (Å²) in [5.74, 6) is 0. The molecule has 0 aromatic carbocycles. The lowest BCUT2D eigenvalue weighted by atomic mass is 10.7. The molecule has 2 aromatic rings. The predicted molar refractivity (Wildman–Crippen MR) is 80.5 cm³/mol. The summed E-state index contributed by atoms with van der Waals surface area (Å²) in [6.07, 6.45) is 11.5. The number of imidazole rings is 2. The van der Waals surface area contributed by atoms with E-state index < -0.39 is 0 Å². The number of aryl methyl sites for hydroxylation is 2. The third-order valence-corrected chi connectivity index (χ3v) is 1.63. The third kappa shape index (κ3) is 16.0. The molecule has 8 heteroatoms. The van der Waals surface area contributed by atoms with Gasteiger partial charge < -0.3 is 10.8 Å². The van der Waals surface area contributed by atoms with E-state index in [0.717, 1.165) is 6.54 Å². The summed E-state index contributed by atoms with van der Waals surface area (Å²) in [7, 11) is 2.02. The normalized spacial score (nSPS) is 7.05. The average molecular weight is 296 g/mol. The number of hydrogen-bond donors (Lipinski definition) is 1. The van der Waals surface area contributed by atoms with Gasteiger partial charge in [-0.3, -0.25) is 9.97 Å². The fourth-order valence-electron chi connectivity index (χ4n) is 0.929. The van der Waals surface area contributed by atoms with Gasteiger partial charge in [-0.15, -0.1) is 0 Å². The van der Waals surface area contributed by atoms with Crippen molar-refractivity contribution in [3.8, 4) is 0 Å². The van der Waals surface area contributed by atoms with Gasteiger partial charge in [-0.1, -0.05) is 24.4 Å². The van der Waals surface area contributed by atoms with Crippen LogP contribution in [-0.2, 0) is 13.6 Å². The van der Waals surface area contributed by atoms with Gasteiger partial charge in [0.2, 0.25) is 12.7 Å². The molecular weight excluding hydrogens is 280 g/mol. The zero-order chi connectivity index (χ0) is 14.9. The molecule has 6 nitrogen and oxygen atoms in total. The lowest BCUT2D eigenvalue weighted by Crippen LogP contribution is -2.23. The number of hydrogen-bond acceptors (Lipinski definition) is 2. The molecule has 0 amide bonds. The highest BCUT2D eigenvalue weighted by atomic mass is 32.1. The fraction of sp³-hybridized carbons (Fsp3) is 0.273. The van der Waals surface area contributed by atoms with Crippen molar-refractivity contribution in [1.29, 1.82) is 0 Å². The maximum absolute atomic E-state index is 7.13. The Bertz CT molecular complexity index is 436. The van der Waals surface area contributed by atoms with Gasteiger partial charge in [0.05, 0.1) is 13.6 Å². The van der Waals surface area contributed by atoms with Crippen molar-refractivity contribution in [2.45, 2.75) is 13.5 Å². The molecule has 0 saturated carbocycles. The monoisotopic (exact) mass is 296 g/mol. The van der Waals surface area contributed by atoms with Crippen molar-refractivity contribution in [2.24, 2.45) is 7.05 Å². The van der Waals surface area contributed by atoms with E-state index in [9.17, 15) is 0 Å². The summed E-state index contributed by atoms with van der Waals surface area (Å²) in [6.45, 7) is 3.18. The van der Waals surface area contributed by atoms with Crippen LogP contribution in [0.1, 0.15) is 6.92 Å². The quantitative estimate of drug-likeness (QED) is 0.491. The van der Waals surface area contributed by atoms with Crippen LogP contribution in [0.4, 0.5) is 0 Å². The number of isothiocyanates is 2. The van der Waals surface area contributed by atoms with Gasteiger partial charge in [0.25, 0.3) is 0 Å². The predicted octanol–water partition coefficient (Wildman–Crippen LogP) is 1.48. The van der Waals surface area contributed by atoms with E-state index >= 15 is 0 Å². The van der Waals surface area contributed by atoms with Crippen molar-refractivity contribution in [1.82, 2.24) is 9.55 Å². The highest BCUT2D eigenvalue weighted by Crippen LogP contribution is 1.79. The highest BCUT2D eigenvalue weighted by Gasteiger charge is 1.92. The van der Waals surface area contributed by atoms with E-state index in [-0.39, 0.29) is 0 Å². The van der Waals surface area contributed by atoms with Crippen LogP contribution in [0.5, 0.6) is 0 Å². The molecule has 0 aliphatic carbocycles. The summed E-state index contributed by atoms with van der Waals surface area (Å²) in [6, 6.07) is 0. The molecule has 102 valence electrons. The van der Waals surface area contributed by atoms with Crippen molar-refractivity contribution in [3.63, 3.8) is 0 Å². The minimum absolute atomic E-state index is 1.06. The summed E-state index contributed by atoms with van der Waals surface area (Å²) in [5, 5.41) is 16.9. The van der Waals surface area contributed by atoms with Gasteiger partial charge in [-0.2, -0.15) is 10.3 Å². The van der Waals surface area contributed by atoms with Crippen molar-refractivity contribution >= 4 is 34.8 Å². The van der Waals surface area contributed by atoms with Gasteiger partial charge >= 0.3 is 0 Å². The molecule has 0 bridgehead atoms. The molecule has 0 radical (unpaired) electrons. The zero-order valence-electron chi connectivity index (χ0n) is 10.8. The Hall–Kier alpha value is -1.98. The smallest absolute Gasteiger partial charge is 0.243 e. The lowest BCUT2D eigenvalue weighted by molar-refractivity contribution is -0.671. The first-order valence-corrected chi connectivity index (χ1v) is 6.00. The summed E-state index contributed by atoms with van der Waals surface area (Å²) in [5.41, 5.74) is 0. The SMILES string of the molecule is CCn1cc[n+](C)c1.[N-]=C=S.[N-]=C=S.c1c[nH+]c[nH]1. The summed E-state index contributed by atoms with van der Waals surface area (Å²) in [4.78, 5) is 5.61. The number of aromatic amines is 2. The van der Waals surface area contributed by atoms with Gasteiger partial charge in [-0.05, 0) is 6.92 Å². The van der Waals surface area contributed by atoms with E-state index in [0.29, 0.717) is 0 Å². The number of nitrogens with zero attached hydrogens (tertiary/aromatic N) is 4. The van der Waals surface area contributed by atoms with Crippen LogP contribution in [0.3, 0.4) is 0 Å². The van der Waals surface area contributed by atoms with E-state index in [2.05, 4.69) is 58.4 Å². The van der Waals surface area contributed by atoms with E-state index in [1.165, 1.54) is 10.3 Å². The molecule has 2 N–H and O–H groups in total. The second-order valence-electron chi connectivity index (χ2n) is 2.90. The van der Waals surface area contributed by atoms with Crippen LogP contribution < -0.4 is 9.55 Å². The topological polar surface area (TPSA) is 83.3 Å². The number of thiocarbonyl (C=S) groups is 2. The first-order valence-electron chi connectivity index (χ1n) is 5.18. The van der Waals surface area contributed by atoms with Crippen molar-refractivity contribution < 1.29 is 9.55 Å². The molecule has 0 unspecified atom stereocenters. The molecule has 0 fully saturated rings. The number of aromatic nitrogens is 4. The standard InChI is InChI=1S/C6H11N2.C3H4N2.2CNS/c1-3-8-5-4-7(2)6-8;1-2-5-3-4-1;2*2-1-3/h4-6H,3H2,1-2H3;1-3H,(H,4,5);;/q+1;;2*-1/p+1. The van der Waals surface area contributed by atoms with Gasteiger partial charge in [0.1, 0.15) is 24.8 Å². The summed E-state index contributed by atoms with van der Waals surface area (Å²) < 4.78 is 4.16. The van der Waals surface area contributed by atoms with Crippen LogP contribution in [0.25, 0.3) is 10.8 Å². The minimum Gasteiger partial charge on any atom is -0.753 e. The largest absolute Gasteiger partial charge is 0.753 e. The Balaban J connectivity index is 0. The van der Waals surface area contributed by atoms with Crippen LogP contribution in [0.2, 0.25) is 0 Å². The number of nitrogens with one attached hydrogen (secondary N) is 2.